The standard InChI is InChI=1S/C15H17N3O2S/c1-4-11-7-5-6-8-12(11)17-13(19)14(20)18-15-16-9(2)10(3)21-15/h5-8H,4H2,1-3H3,(H,17,19)(H,16,18,20). The van der Waals surface area contributed by atoms with Gasteiger partial charge in [-0.1, -0.05) is 25.1 Å². The molecular formula is C15H17N3O2S. The van der Waals surface area contributed by atoms with Crippen molar-refractivity contribution in [2.75, 3.05) is 10.6 Å². The Morgan fingerprint density at radius 2 is 1.81 bits per heavy atom. The summed E-state index contributed by atoms with van der Waals surface area (Å²) in [6.45, 7) is 5.77. The molecule has 0 spiro atoms. The van der Waals surface area contributed by atoms with Crippen molar-refractivity contribution in [3.8, 4) is 0 Å². The summed E-state index contributed by atoms with van der Waals surface area (Å²) in [5.41, 5.74) is 2.50. The minimum absolute atomic E-state index is 0.439. The predicted molar refractivity (Wildman–Crippen MR) is 84.7 cm³/mol. The van der Waals surface area contributed by atoms with Crippen LogP contribution in [0.4, 0.5) is 10.8 Å². The van der Waals surface area contributed by atoms with E-state index in [-0.39, 0.29) is 0 Å². The summed E-state index contributed by atoms with van der Waals surface area (Å²) in [6.07, 6.45) is 0.781. The molecule has 2 rings (SSSR count). The first-order valence-electron chi connectivity index (χ1n) is 6.65. The lowest BCUT2D eigenvalue weighted by Gasteiger charge is -2.08. The Kier molecular flexibility index (Phi) is 4.70. The van der Waals surface area contributed by atoms with Crippen LogP contribution in [0.3, 0.4) is 0 Å². The molecule has 0 radical (unpaired) electrons. The zero-order valence-electron chi connectivity index (χ0n) is 12.2. The van der Waals surface area contributed by atoms with Crippen molar-refractivity contribution >= 4 is 34.0 Å². The summed E-state index contributed by atoms with van der Waals surface area (Å²) in [7, 11) is 0. The van der Waals surface area contributed by atoms with Crippen LogP contribution in [-0.4, -0.2) is 16.8 Å². The van der Waals surface area contributed by atoms with Crippen LogP contribution < -0.4 is 10.6 Å². The van der Waals surface area contributed by atoms with Gasteiger partial charge in [0.1, 0.15) is 0 Å². The molecule has 0 aliphatic heterocycles. The van der Waals surface area contributed by atoms with Gasteiger partial charge in [0.15, 0.2) is 5.13 Å². The number of nitrogens with one attached hydrogen (secondary N) is 2. The van der Waals surface area contributed by atoms with Crippen molar-refractivity contribution in [2.45, 2.75) is 27.2 Å². The summed E-state index contributed by atoms with van der Waals surface area (Å²) >= 11 is 1.35. The molecule has 0 bridgehead atoms. The van der Waals surface area contributed by atoms with Gasteiger partial charge in [-0.25, -0.2) is 4.98 Å². The number of aromatic nitrogens is 1. The first kappa shape index (κ1) is 15.2. The molecule has 1 heterocycles. The largest absolute Gasteiger partial charge is 0.318 e. The molecule has 2 N–H and O–H groups in total. The fourth-order valence-electron chi connectivity index (χ4n) is 1.81. The summed E-state index contributed by atoms with van der Waals surface area (Å²) in [4.78, 5) is 29.0. The van der Waals surface area contributed by atoms with Gasteiger partial charge in [-0.3, -0.25) is 14.9 Å². The Labute approximate surface area is 127 Å². The Balaban J connectivity index is 2.04. The van der Waals surface area contributed by atoms with Crippen molar-refractivity contribution < 1.29 is 9.59 Å². The highest BCUT2D eigenvalue weighted by Crippen LogP contribution is 2.21. The highest BCUT2D eigenvalue weighted by Gasteiger charge is 2.17. The van der Waals surface area contributed by atoms with Crippen LogP contribution >= 0.6 is 11.3 Å². The first-order valence-corrected chi connectivity index (χ1v) is 7.47. The highest BCUT2D eigenvalue weighted by atomic mass is 32.1. The molecular weight excluding hydrogens is 286 g/mol. The van der Waals surface area contributed by atoms with E-state index in [4.69, 9.17) is 0 Å². The number of carbonyl (C=O) groups is 2. The van der Waals surface area contributed by atoms with Crippen LogP contribution in [-0.2, 0) is 16.0 Å². The number of benzene rings is 1. The maximum absolute atomic E-state index is 11.9. The highest BCUT2D eigenvalue weighted by molar-refractivity contribution is 7.15. The van der Waals surface area contributed by atoms with E-state index < -0.39 is 11.8 Å². The average molecular weight is 303 g/mol. The van der Waals surface area contributed by atoms with Crippen molar-refractivity contribution in [3.05, 3.63) is 40.4 Å². The average Bonchev–Trinajstić information content (AvgIpc) is 2.77. The molecule has 5 nitrogen and oxygen atoms in total. The zero-order chi connectivity index (χ0) is 15.4. The number of hydrogen-bond donors (Lipinski definition) is 2. The van der Waals surface area contributed by atoms with E-state index in [2.05, 4.69) is 15.6 Å². The van der Waals surface area contributed by atoms with E-state index >= 15 is 0 Å². The third-order valence-electron chi connectivity index (χ3n) is 3.10. The fourth-order valence-corrected chi connectivity index (χ4v) is 2.62. The minimum Gasteiger partial charge on any atom is -0.318 e. The Morgan fingerprint density at radius 3 is 2.43 bits per heavy atom. The Hall–Kier alpha value is -2.21. The lowest BCUT2D eigenvalue weighted by molar-refractivity contribution is -0.133. The number of amides is 2. The molecule has 0 aliphatic carbocycles. The second-order valence-corrected chi connectivity index (χ2v) is 5.78. The lowest BCUT2D eigenvalue weighted by Crippen LogP contribution is -2.29. The molecule has 0 atom stereocenters. The molecule has 0 saturated heterocycles. The molecule has 0 saturated carbocycles. The number of thiazole rings is 1. The van der Waals surface area contributed by atoms with Crippen LogP contribution in [0, 0.1) is 13.8 Å². The van der Waals surface area contributed by atoms with Crippen molar-refractivity contribution in [2.24, 2.45) is 0 Å². The Morgan fingerprint density at radius 1 is 1.14 bits per heavy atom. The van der Waals surface area contributed by atoms with Crippen molar-refractivity contribution in [1.29, 1.82) is 0 Å². The molecule has 6 heteroatoms. The molecule has 21 heavy (non-hydrogen) atoms. The number of para-hydroxylation sites is 1. The summed E-state index contributed by atoms with van der Waals surface area (Å²) < 4.78 is 0. The van der Waals surface area contributed by atoms with Gasteiger partial charge in [0.25, 0.3) is 0 Å². The van der Waals surface area contributed by atoms with Gasteiger partial charge < -0.3 is 5.32 Å². The van der Waals surface area contributed by atoms with E-state index in [1.165, 1.54) is 11.3 Å². The fraction of sp³-hybridized carbons (Fsp3) is 0.267. The minimum atomic E-state index is -0.713. The van der Waals surface area contributed by atoms with Gasteiger partial charge in [0.2, 0.25) is 0 Å². The molecule has 0 fully saturated rings. The van der Waals surface area contributed by atoms with Crippen molar-refractivity contribution in [1.82, 2.24) is 4.98 Å². The normalized spacial score (nSPS) is 10.2. The van der Waals surface area contributed by atoms with Crippen LogP contribution in [0.2, 0.25) is 0 Å². The molecule has 1 aromatic carbocycles. The number of carbonyl (C=O) groups excluding carboxylic acids is 2. The summed E-state index contributed by atoms with van der Waals surface area (Å²) in [6, 6.07) is 7.42. The number of hydrogen-bond acceptors (Lipinski definition) is 4. The van der Waals surface area contributed by atoms with Gasteiger partial charge in [0.05, 0.1) is 5.69 Å². The van der Waals surface area contributed by atoms with Crippen LogP contribution in [0.5, 0.6) is 0 Å². The van der Waals surface area contributed by atoms with Crippen LogP contribution in [0.1, 0.15) is 23.1 Å². The lowest BCUT2D eigenvalue weighted by atomic mass is 10.1. The maximum atomic E-state index is 11.9. The third-order valence-corrected chi connectivity index (χ3v) is 4.09. The van der Waals surface area contributed by atoms with Gasteiger partial charge in [-0.15, -0.1) is 11.3 Å². The molecule has 110 valence electrons. The summed E-state index contributed by atoms with van der Waals surface area (Å²) in [5, 5.41) is 5.59. The van der Waals surface area contributed by atoms with E-state index in [0.717, 1.165) is 22.6 Å². The van der Waals surface area contributed by atoms with Crippen LogP contribution in [0.15, 0.2) is 24.3 Å². The van der Waals surface area contributed by atoms with E-state index in [1.807, 2.05) is 39.0 Å². The summed E-state index contributed by atoms with van der Waals surface area (Å²) in [5.74, 6) is -1.41. The first-order chi connectivity index (χ1) is 10.0. The molecule has 1 aromatic heterocycles. The van der Waals surface area contributed by atoms with E-state index in [1.54, 1.807) is 6.07 Å². The number of anilines is 2. The number of nitrogens with zero attached hydrogens (tertiary/aromatic N) is 1. The van der Waals surface area contributed by atoms with Gasteiger partial charge >= 0.3 is 11.8 Å². The third kappa shape index (κ3) is 3.66. The predicted octanol–water partition coefficient (Wildman–Crippen LogP) is 2.90. The second-order valence-electron chi connectivity index (χ2n) is 4.58. The van der Waals surface area contributed by atoms with E-state index in [9.17, 15) is 9.59 Å². The maximum Gasteiger partial charge on any atom is 0.315 e. The number of aryl methyl sites for hydroxylation is 3. The van der Waals surface area contributed by atoms with Gasteiger partial charge in [-0.2, -0.15) is 0 Å². The monoisotopic (exact) mass is 303 g/mol. The van der Waals surface area contributed by atoms with Gasteiger partial charge in [0, 0.05) is 10.6 Å². The molecule has 2 aromatic rings. The van der Waals surface area contributed by atoms with Gasteiger partial charge in [-0.05, 0) is 31.9 Å². The SMILES string of the molecule is CCc1ccccc1NC(=O)C(=O)Nc1nc(C)c(C)s1. The van der Waals surface area contributed by atoms with Crippen LogP contribution in [0.25, 0.3) is 0 Å². The topological polar surface area (TPSA) is 71.1 Å². The molecule has 0 unspecified atom stereocenters. The van der Waals surface area contributed by atoms with E-state index in [0.29, 0.717) is 10.8 Å². The smallest absolute Gasteiger partial charge is 0.315 e. The van der Waals surface area contributed by atoms with Crippen molar-refractivity contribution in [3.63, 3.8) is 0 Å². The Bertz CT molecular complexity index is 660. The molecule has 2 amide bonds. The quantitative estimate of drug-likeness (QED) is 0.856. The molecule has 0 aliphatic rings. The number of rotatable bonds is 3. The second kappa shape index (κ2) is 6.49. The zero-order valence-corrected chi connectivity index (χ0v) is 13.0.